The van der Waals surface area contributed by atoms with Crippen molar-refractivity contribution in [1.29, 1.82) is 0 Å². The third-order valence-corrected chi connectivity index (χ3v) is 8.35. The topological polar surface area (TPSA) is 17.1 Å². The van der Waals surface area contributed by atoms with Gasteiger partial charge in [0.2, 0.25) is 0 Å². The van der Waals surface area contributed by atoms with Crippen LogP contribution in [0.3, 0.4) is 0 Å². The van der Waals surface area contributed by atoms with Crippen molar-refractivity contribution in [3.63, 3.8) is 0 Å². The maximum atomic E-state index is 14.5. The number of rotatable bonds is 3. The second kappa shape index (κ2) is 7.08. The smallest absolute Gasteiger partial charge is 0.171 e. The highest BCUT2D eigenvalue weighted by Crippen LogP contribution is 2.43. The van der Waals surface area contributed by atoms with Crippen LogP contribution in [0.1, 0.15) is 26.3 Å². The number of hydrogen-bond donors (Lipinski definition) is 0. The lowest BCUT2D eigenvalue weighted by Gasteiger charge is -2.22. The van der Waals surface area contributed by atoms with E-state index >= 15 is 0 Å². The van der Waals surface area contributed by atoms with Gasteiger partial charge in [-0.05, 0) is 27.8 Å². The Labute approximate surface area is 167 Å². The fourth-order valence-corrected chi connectivity index (χ4v) is 6.30. The minimum atomic E-state index is -2.93. The van der Waals surface area contributed by atoms with Crippen LogP contribution >= 0.6 is 7.14 Å². The number of fused-ring (bicyclic) bond motifs is 1. The molecule has 0 heterocycles. The second-order valence-corrected chi connectivity index (χ2v) is 11.0. The van der Waals surface area contributed by atoms with Crippen molar-refractivity contribution < 1.29 is 4.57 Å². The van der Waals surface area contributed by atoms with Crippen LogP contribution < -0.4 is 15.9 Å². The minimum absolute atomic E-state index is 0.107. The van der Waals surface area contributed by atoms with Gasteiger partial charge in [-0.3, -0.25) is 0 Å². The van der Waals surface area contributed by atoms with Gasteiger partial charge in [0.05, 0.1) is 0 Å². The fraction of sp³-hybridized carbons (Fsp3) is 0.154. The standard InChI is InChI=1S/C26H25OP/c1-26(2,3)22-16-14-21-19-25(17-15-20(21)18-22)28(27,23-10-6-4-7-11-23)24-12-8-5-9-13-24/h4-19H,1-3H3. The SMILES string of the molecule is CC(C)(C)c1ccc2cc(P(=O)(c3ccccc3)c3ccccc3)ccc2c1. The summed E-state index contributed by atoms with van der Waals surface area (Å²) >= 11 is 0. The number of hydrogen-bond acceptors (Lipinski definition) is 1. The zero-order valence-corrected chi connectivity index (χ0v) is 17.5. The Morgan fingerprint density at radius 2 is 1.07 bits per heavy atom. The first-order chi connectivity index (χ1) is 13.4. The van der Waals surface area contributed by atoms with Crippen molar-refractivity contribution in [3.05, 3.63) is 103 Å². The van der Waals surface area contributed by atoms with E-state index in [2.05, 4.69) is 51.1 Å². The van der Waals surface area contributed by atoms with Gasteiger partial charge in [-0.1, -0.05) is 112 Å². The zero-order valence-electron chi connectivity index (χ0n) is 16.6. The average molecular weight is 384 g/mol. The molecule has 28 heavy (non-hydrogen) atoms. The molecule has 1 nitrogen and oxygen atoms in total. The van der Waals surface area contributed by atoms with Gasteiger partial charge in [0, 0.05) is 15.9 Å². The predicted molar refractivity (Wildman–Crippen MR) is 122 cm³/mol. The molecule has 4 aromatic rings. The summed E-state index contributed by atoms with van der Waals surface area (Å²) in [6, 6.07) is 32.5. The van der Waals surface area contributed by atoms with Gasteiger partial charge < -0.3 is 4.57 Å². The van der Waals surface area contributed by atoms with E-state index in [1.807, 2.05) is 66.7 Å². The molecule has 0 spiro atoms. The van der Waals surface area contributed by atoms with Gasteiger partial charge in [-0.2, -0.15) is 0 Å². The highest BCUT2D eigenvalue weighted by atomic mass is 31.2. The van der Waals surface area contributed by atoms with Crippen molar-refractivity contribution in [1.82, 2.24) is 0 Å². The molecule has 0 radical (unpaired) electrons. The molecule has 0 N–H and O–H groups in total. The Morgan fingerprint density at radius 3 is 1.61 bits per heavy atom. The lowest BCUT2D eigenvalue weighted by Crippen LogP contribution is -2.24. The normalized spacial score (nSPS) is 12.2. The lowest BCUT2D eigenvalue weighted by molar-refractivity contribution is 0.591. The summed E-state index contributed by atoms with van der Waals surface area (Å²) in [7, 11) is -2.93. The van der Waals surface area contributed by atoms with Crippen molar-refractivity contribution in [2.24, 2.45) is 0 Å². The van der Waals surface area contributed by atoms with Gasteiger partial charge in [0.1, 0.15) is 0 Å². The van der Waals surface area contributed by atoms with E-state index in [9.17, 15) is 4.57 Å². The molecule has 0 amide bonds. The van der Waals surface area contributed by atoms with Crippen LogP contribution in [-0.2, 0) is 9.98 Å². The molecule has 0 saturated heterocycles. The van der Waals surface area contributed by atoms with Crippen LogP contribution in [-0.4, -0.2) is 0 Å². The second-order valence-electron chi connectivity index (χ2n) is 8.28. The van der Waals surface area contributed by atoms with Crippen LogP contribution in [0, 0.1) is 0 Å². The number of benzene rings is 4. The molecule has 4 rings (SSSR count). The van der Waals surface area contributed by atoms with E-state index in [4.69, 9.17) is 0 Å². The summed E-state index contributed by atoms with van der Waals surface area (Å²) in [5.41, 5.74) is 1.41. The molecule has 0 aliphatic carbocycles. The van der Waals surface area contributed by atoms with Crippen LogP contribution in [0.25, 0.3) is 10.8 Å². The summed E-state index contributed by atoms with van der Waals surface area (Å²) in [6.45, 7) is 6.67. The highest BCUT2D eigenvalue weighted by Gasteiger charge is 2.29. The summed E-state index contributed by atoms with van der Waals surface area (Å²) in [5.74, 6) is 0. The predicted octanol–water partition coefficient (Wildman–Crippen LogP) is 5.78. The zero-order chi connectivity index (χ0) is 19.8. The molecule has 0 aliphatic rings. The molecule has 0 unspecified atom stereocenters. The molecule has 0 aromatic heterocycles. The van der Waals surface area contributed by atoms with E-state index < -0.39 is 7.14 Å². The Kier molecular flexibility index (Phi) is 4.73. The third-order valence-electron chi connectivity index (χ3n) is 5.29. The summed E-state index contributed by atoms with van der Waals surface area (Å²) in [6.07, 6.45) is 0. The van der Waals surface area contributed by atoms with Gasteiger partial charge in [0.15, 0.2) is 7.14 Å². The maximum Gasteiger partial charge on any atom is 0.171 e. The Morgan fingerprint density at radius 1 is 0.571 bits per heavy atom. The Hall–Kier alpha value is -2.63. The van der Waals surface area contributed by atoms with Gasteiger partial charge in [0.25, 0.3) is 0 Å². The molecule has 2 heteroatoms. The maximum absolute atomic E-state index is 14.5. The van der Waals surface area contributed by atoms with Gasteiger partial charge in [-0.25, -0.2) is 0 Å². The first-order valence-electron chi connectivity index (χ1n) is 9.65. The monoisotopic (exact) mass is 384 g/mol. The molecular weight excluding hydrogens is 359 g/mol. The van der Waals surface area contributed by atoms with Crippen LogP contribution in [0.5, 0.6) is 0 Å². The first kappa shape index (κ1) is 18.7. The van der Waals surface area contributed by atoms with Crippen molar-refractivity contribution in [3.8, 4) is 0 Å². The molecule has 140 valence electrons. The van der Waals surface area contributed by atoms with Crippen molar-refractivity contribution >= 4 is 33.8 Å². The highest BCUT2D eigenvalue weighted by molar-refractivity contribution is 7.85. The van der Waals surface area contributed by atoms with Crippen molar-refractivity contribution in [2.75, 3.05) is 0 Å². The fourth-order valence-electron chi connectivity index (χ4n) is 3.62. The van der Waals surface area contributed by atoms with E-state index in [1.54, 1.807) is 0 Å². The third kappa shape index (κ3) is 3.32. The van der Waals surface area contributed by atoms with Crippen LogP contribution in [0.15, 0.2) is 97.1 Å². The summed E-state index contributed by atoms with van der Waals surface area (Å²) < 4.78 is 14.5. The minimum Gasteiger partial charge on any atom is -0.309 e. The van der Waals surface area contributed by atoms with E-state index in [-0.39, 0.29) is 5.41 Å². The van der Waals surface area contributed by atoms with Gasteiger partial charge in [-0.15, -0.1) is 0 Å². The first-order valence-corrected chi connectivity index (χ1v) is 11.4. The Balaban J connectivity index is 1.92. The van der Waals surface area contributed by atoms with Gasteiger partial charge >= 0.3 is 0 Å². The molecule has 0 saturated carbocycles. The lowest BCUT2D eigenvalue weighted by atomic mass is 9.86. The van der Waals surface area contributed by atoms with Crippen molar-refractivity contribution in [2.45, 2.75) is 26.2 Å². The summed E-state index contributed by atoms with van der Waals surface area (Å²) in [5, 5.41) is 4.92. The molecule has 4 aromatic carbocycles. The van der Waals surface area contributed by atoms with E-state index in [0.717, 1.165) is 21.3 Å². The molecular formula is C26H25OP. The van der Waals surface area contributed by atoms with Crippen LogP contribution in [0.4, 0.5) is 0 Å². The molecule has 0 aliphatic heterocycles. The largest absolute Gasteiger partial charge is 0.309 e. The summed E-state index contributed by atoms with van der Waals surface area (Å²) in [4.78, 5) is 0. The Bertz CT molecular complexity index is 1110. The van der Waals surface area contributed by atoms with E-state index in [0.29, 0.717) is 0 Å². The molecule has 0 atom stereocenters. The quantitative estimate of drug-likeness (QED) is 0.410. The molecule has 0 fully saturated rings. The molecule has 0 bridgehead atoms. The average Bonchev–Trinajstić information content (AvgIpc) is 2.73. The van der Waals surface area contributed by atoms with Crippen LogP contribution in [0.2, 0.25) is 0 Å². The van der Waals surface area contributed by atoms with E-state index in [1.165, 1.54) is 10.9 Å².